The SMILES string of the molecule is Cc1ccccc1OCc1nnc(SCC(=O)CC(=O)Nc2ccccc2)n1C. The molecule has 0 radical (unpaired) electrons. The Hall–Kier alpha value is -3.13. The van der Waals surface area contributed by atoms with Crippen LogP contribution in [-0.2, 0) is 23.2 Å². The number of carbonyl (C=O) groups excluding carboxylic acids is 2. The molecule has 8 heteroatoms. The molecule has 0 fully saturated rings. The lowest BCUT2D eigenvalue weighted by atomic mass is 10.2. The van der Waals surface area contributed by atoms with Crippen LogP contribution >= 0.6 is 11.8 Å². The molecule has 1 heterocycles. The zero-order chi connectivity index (χ0) is 20.6. The number of hydrogen-bond acceptors (Lipinski definition) is 6. The number of ketones is 1. The van der Waals surface area contributed by atoms with Gasteiger partial charge in [0, 0.05) is 12.7 Å². The fraction of sp³-hybridized carbons (Fsp3) is 0.238. The van der Waals surface area contributed by atoms with Gasteiger partial charge < -0.3 is 14.6 Å². The monoisotopic (exact) mass is 410 g/mol. The second-order valence-corrected chi connectivity index (χ2v) is 7.37. The summed E-state index contributed by atoms with van der Waals surface area (Å²) in [6.45, 7) is 2.26. The molecule has 3 rings (SSSR count). The fourth-order valence-electron chi connectivity index (χ4n) is 2.56. The standard InChI is InChI=1S/C21H22N4O3S/c1-15-8-6-7-11-18(15)28-13-19-23-24-21(25(19)2)29-14-17(26)12-20(27)22-16-9-4-3-5-10-16/h3-11H,12-14H2,1-2H3,(H,22,27). The summed E-state index contributed by atoms with van der Waals surface area (Å²) in [5, 5.41) is 11.6. The van der Waals surface area contributed by atoms with E-state index in [2.05, 4.69) is 15.5 Å². The summed E-state index contributed by atoms with van der Waals surface area (Å²) in [6.07, 6.45) is -0.178. The van der Waals surface area contributed by atoms with Crippen molar-refractivity contribution in [3.8, 4) is 5.75 Å². The maximum atomic E-state index is 12.1. The lowest BCUT2D eigenvalue weighted by Crippen LogP contribution is -2.17. The molecule has 1 N–H and O–H groups in total. The molecule has 0 atom stereocenters. The summed E-state index contributed by atoms with van der Waals surface area (Å²) in [6, 6.07) is 16.8. The van der Waals surface area contributed by atoms with Gasteiger partial charge in [-0.25, -0.2) is 0 Å². The van der Waals surface area contributed by atoms with Crippen LogP contribution in [0.25, 0.3) is 0 Å². The van der Waals surface area contributed by atoms with Gasteiger partial charge >= 0.3 is 0 Å². The maximum Gasteiger partial charge on any atom is 0.231 e. The highest BCUT2D eigenvalue weighted by molar-refractivity contribution is 7.99. The van der Waals surface area contributed by atoms with Crippen LogP contribution in [0.15, 0.2) is 59.8 Å². The number of carbonyl (C=O) groups is 2. The first-order valence-corrected chi connectivity index (χ1v) is 10.1. The smallest absolute Gasteiger partial charge is 0.231 e. The number of benzene rings is 2. The van der Waals surface area contributed by atoms with Crippen molar-refractivity contribution in [2.24, 2.45) is 7.05 Å². The Bertz CT molecular complexity index is 989. The van der Waals surface area contributed by atoms with E-state index in [-0.39, 0.29) is 30.5 Å². The van der Waals surface area contributed by atoms with Gasteiger partial charge in [0.15, 0.2) is 16.8 Å². The lowest BCUT2D eigenvalue weighted by Gasteiger charge is -2.08. The Balaban J connectivity index is 1.47. The van der Waals surface area contributed by atoms with Gasteiger partial charge in [0.05, 0.1) is 12.2 Å². The summed E-state index contributed by atoms with van der Waals surface area (Å²) in [4.78, 5) is 24.1. The van der Waals surface area contributed by atoms with E-state index in [1.165, 1.54) is 11.8 Å². The van der Waals surface area contributed by atoms with E-state index in [0.29, 0.717) is 16.7 Å². The summed E-state index contributed by atoms with van der Waals surface area (Å²) in [5.41, 5.74) is 1.72. The summed E-state index contributed by atoms with van der Waals surface area (Å²) in [5.74, 6) is 1.10. The summed E-state index contributed by atoms with van der Waals surface area (Å²) >= 11 is 1.25. The molecule has 0 aliphatic heterocycles. The Morgan fingerprint density at radius 2 is 1.79 bits per heavy atom. The van der Waals surface area contributed by atoms with Gasteiger partial charge in [-0.1, -0.05) is 48.2 Å². The highest BCUT2D eigenvalue weighted by Crippen LogP contribution is 2.20. The van der Waals surface area contributed by atoms with Crippen molar-refractivity contribution >= 4 is 29.1 Å². The summed E-state index contributed by atoms with van der Waals surface area (Å²) in [7, 11) is 1.82. The van der Waals surface area contributed by atoms with E-state index < -0.39 is 0 Å². The number of aryl methyl sites for hydroxylation is 1. The van der Waals surface area contributed by atoms with E-state index >= 15 is 0 Å². The lowest BCUT2D eigenvalue weighted by molar-refractivity contribution is -0.123. The molecule has 7 nitrogen and oxygen atoms in total. The first-order valence-electron chi connectivity index (χ1n) is 9.09. The van der Waals surface area contributed by atoms with E-state index in [9.17, 15) is 9.59 Å². The number of amides is 1. The predicted molar refractivity (Wildman–Crippen MR) is 112 cm³/mol. The predicted octanol–water partition coefficient (Wildman–Crippen LogP) is 3.39. The number of anilines is 1. The van der Waals surface area contributed by atoms with Crippen molar-refractivity contribution < 1.29 is 14.3 Å². The van der Waals surface area contributed by atoms with Crippen molar-refractivity contribution in [3.05, 3.63) is 66.0 Å². The highest BCUT2D eigenvalue weighted by atomic mass is 32.2. The number of Topliss-reactive ketones (excluding diaryl/α,β-unsaturated/α-hetero) is 1. The number of nitrogens with zero attached hydrogens (tertiary/aromatic N) is 3. The molecule has 0 saturated carbocycles. The number of nitrogens with one attached hydrogen (secondary N) is 1. The Morgan fingerprint density at radius 1 is 1.07 bits per heavy atom. The molecule has 0 saturated heterocycles. The molecule has 0 aliphatic rings. The van der Waals surface area contributed by atoms with Crippen LogP contribution in [0.5, 0.6) is 5.75 Å². The second-order valence-electron chi connectivity index (χ2n) is 6.43. The highest BCUT2D eigenvalue weighted by Gasteiger charge is 2.14. The average Bonchev–Trinajstić information content (AvgIpc) is 3.06. The zero-order valence-electron chi connectivity index (χ0n) is 16.3. The number of ether oxygens (including phenoxy) is 1. The van der Waals surface area contributed by atoms with Crippen molar-refractivity contribution in [2.75, 3.05) is 11.1 Å². The molecule has 0 unspecified atom stereocenters. The van der Waals surface area contributed by atoms with Gasteiger partial charge in [0.25, 0.3) is 0 Å². The van der Waals surface area contributed by atoms with Gasteiger partial charge in [-0.05, 0) is 30.7 Å². The minimum atomic E-state index is -0.327. The Kier molecular flexibility index (Phi) is 7.02. The topological polar surface area (TPSA) is 86.1 Å². The van der Waals surface area contributed by atoms with Crippen molar-refractivity contribution in [1.82, 2.24) is 14.8 Å². The molecular weight excluding hydrogens is 388 g/mol. The van der Waals surface area contributed by atoms with Crippen LogP contribution in [0.4, 0.5) is 5.69 Å². The third-order valence-corrected chi connectivity index (χ3v) is 5.23. The van der Waals surface area contributed by atoms with Crippen LogP contribution in [0.1, 0.15) is 17.8 Å². The van der Waals surface area contributed by atoms with E-state index in [1.807, 2.05) is 56.4 Å². The van der Waals surface area contributed by atoms with Crippen LogP contribution in [-0.4, -0.2) is 32.2 Å². The van der Waals surface area contributed by atoms with Crippen LogP contribution < -0.4 is 10.1 Å². The fourth-order valence-corrected chi connectivity index (χ4v) is 3.35. The van der Waals surface area contributed by atoms with Gasteiger partial charge in [0.2, 0.25) is 5.91 Å². The molecule has 3 aromatic rings. The van der Waals surface area contributed by atoms with Crippen molar-refractivity contribution in [2.45, 2.75) is 25.1 Å². The van der Waals surface area contributed by atoms with E-state index in [4.69, 9.17) is 4.74 Å². The molecule has 2 aromatic carbocycles. The normalized spacial score (nSPS) is 10.6. The van der Waals surface area contributed by atoms with E-state index in [0.717, 1.165) is 11.3 Å². The Morgan fingerprint density at radius 3 is 2.55 bits per heavy atom. The average molecular weight is 410 g/mol. The number of thioether (sulfide) groups is 1. The van der Waals surface area contributed by atoms with Gasteiger partial charge in [-0.3, -0.25) is 9.59 Å². The number of aromatic nitrogens is 3. The molecule has 1 amide bonds. The number of rotatable bonds is 9. The number of hydrogen-bond donors (Lipinski definition) is 1. The molecule has 150 valence electrons. The first kappa shape index (κ1) is 20.6. The molecule has 1 aromatic heterocycles. The van der Waals surface area contributed by atoms with Gasteiger partial charge in [0.1, 0.15) is 12.4 Å². The summed E-state index contributed by atoms with van der Waals surface area (Å²) < 4.78 is 7.59. The molecule has 0 spiro atoms. The minimum Gasteiger partial charge on any atom is -0.485 e. The zero-order valence-corrected chi connectivity index (χ0v) is 17.1. The third kappa shape index (κ3) is 5.92. The van der Waals surface area contributed by atoms with Crippen LogP contribution in [0.2, 0.25) is 0 Å². The third-order valence-electron chi connectivity index (χ3n) is 4.15. The minimum absolute atomic E-state index is 0.146. The van der Waals surface area contributed by atoms with Gasteiger partial charge in [-0.2, -0.15) is 0 Å². The second kappa shape index (κ2) is 9.88. The Labute approximate surface area is 173 Å². The quantitative estimate of drug-likeness (QED) is 0.430. The van der Waals surface area contributed by atoms with Crippen LogP contribution in [0.3, 0.4) is 0 Å². The van der Waals surface area contributed by atoms with Crippen molar-refractivity contribution in [1.29, 1.82) is 0 Å². The number of para-hydroxylation sites is 2. The van der Waals surface area contributed by atoms with Crippen molar-refractivity contribution in [3.63, 3.8) is 0 Å². The van der Waals surface area contributed by atoms with E-state index in [1.54, 1.807) is 16.7 Å². The maximum absolute atomic E-state index is 12.1. The van der Waals surface area contributed by atoms with Crippen LogP contribution in [0, 0.1) is 6.92 Å². The molecular formula is C21H22N4O3S. The first-order chi connectivity index (χ1) is 14.0. The molecule has 0 bridgehead atoms. The largest absolute Gasteiger partial charge is 0.485 e. The molecule has 29 heavy (non-hydrogen) atoms. The van der Waals surface area contributed by atoms with Gasteiger partial charge in [-0.15, -0.1) is 10.2 Å². The molecule has 0 aliphatic carbocycles.